The Morgan fingerprint density at radius 2 is 1.64 bits per heavy atom. The van der Waals surface area contributed by atoms with Gasteiger partial charge in [0.2, 0.25) is 5.78 Å². The lowest BCUT2D eigenvalue weighted by molar-refractivity contribution is 0.0301. The average molecular weight is 467 g/mol. The van der Waals surface area contributed by atoms with E-state index in [4.69, 9.17) is 25.8 Å². The standard InChI is InChI=1S/C25H23ClN2O5/c1-31-21-8-5-17(14-22(21)32-2)24(29)23-20(25(30)28-9-11-33-12-10-28)13-18(15-27-23)16-3-6-19(26)7-4-16/h3-8,13-15H,9-12H2,1-2H3. The second kappa shape index (κ2) is 10.0. The molecule has 0 spiro atoms. The molecule has 0 aliphatic carbocycles. The maximum Gasteiger partial charge on any atom is 0.256 e. The van der Waals surface area contributed by atoms with Crippen LogP contribution in [0.2, 0.25) is 5.02 Å². The fraction of sp³-hybridized carbons (Fsp3) is 0.240. The number of ether oxygens (including phenoxy) is 3. The first-order valence-electron chi connectivity index (χ1n) is 10.4. The van der Waals surface area contributed by atoms with Gasteiger partial charge in [-0.3, -0.25) is 14.6 Å². The summed E-state index contributed by atoms with van der Waals surface area (Å²) in [6, 6.07) is 13.8. The summed E-state index contributed by atoms with van der Waals surface area (Å²) in [7, 11) is 3.02. The molecule has 2 aromatic carbocycles. The lowest BCUT2D eigenvalue weighted by Gasteiger charge is -2.27. The van der Waals surface area contributed by atoms with Crippen molar-refractivity contribution in [2.24, 2.45) is 0 Å². The van der Waals surface area contributed by atoms with Crippen LogP contribution in [0.1, 0.15) is 26.4 Å². The highest BCUT2D eigenvalue weighted by molar-refractivity contribution is 6.30. The summed E-state index contributed by atoms with van der Waals surface area (Å²) in [4.78, 5) is 33.0. The number of rotatable bonds is 6. The van der Waals surface area contributed by atoms with Crippen molar-refractivity contribution in [2.75, 3.05) is 40.5 Å². The van der Waals surface area contributed by atoms with Crippen LogP contribution < -0.4 is 9.47 Å². The summed E-state index contributed by atoms with van der Waals surface area (Å²) in [5.41, 5.74) is 2.22. The summed E-state index contributed by atoms with van der Waals surface area (Å²) in [6.07, 6.45) is 1.59. The number of nitrogens with zero attached hydrogens (tertiary/aromatic N) is 2. The largest absolute Gasteiger partial charge is 0.493 e. The van der Waals surface area contributed by atoms with E-state index < -0.39 is 0 Å². The normalized spacial score (nSPS) is 13.5. The molecule has 1 saturated heterocycles. The van der Waals surface area contributed by atoms with Crippen molar-refractivity contribution in [1.29, 1.82) is 0 Å². The third-order valence-corrected chi connectivity index (χ3v) is 5.71. The van der Waals surface area contributed by atoms with Gasteiger partial charge in [0, 0.05) is 35.4 Å². The smallest absolute Gasteiger partial charge is 0.256 e. The minimum atomic E-state index is -0.379. The third-order valence-electron chi connectivity index (χ3n) is 5.45. The molecule has 1 aliphatic heterocycles. The number of carbonyl (C=O) groups is 2. The Hall–Kier alpha value is -3.42. The molecule has 0 N–H and O–H groups in total. The fourth-order valence-corrected chi connectivity index (χ4v) is 3.79. The number of hydrogen-bond donors (Lipinski definition) is 0. The summed E-state index contributed by atoms with van der Waals surface area (Å²) < 4.78 is 16.0. The Kier molecular flexibility index (Phi) is 6.91. The van der Waals surface area contributed by atoms with E-state index in [-0.39, 0.29) is 22.9 Å². The van der Waals surface area contributed by atoms with E-state index >= 15 is 0 Å². The van der Waals surface area contributed by atoms with Gasteiger partial charge in [-0.2, -0.15) is 0 Å². The Balaban J connectivity index is 1.78. The van der Waals surface area contributed by atoms with Gasteiger partial charge in [-0.05, 0) is 42.0 Å². The highest BCUT2D eigenvalue weighted by Gasteiger charge is 2.26. The molecule has 0 radical (unpaired) electrons. The Morgan fingerprint density at radius 1 is 0.939 bits per heavy atom. The number of hydrogen-bond acceptors (Lipinski definition) is 6. The zero-order valence-electron chi connectivity index (χ0n) is 18.3. The zero-order valence-corrected chi connectivity index (χ0v) is 19.1. The predicted octanol–water partition coefficient (Wildman–Crippen LogP) is 4.12. The molecule has 0 unspecified atom stereocenters. The first-order valence-corrected chi connectivity index (χ1v) is 10.8. The van der Waals surface area contributed by atoms with Crippen LogP contribution in [0.3, 0.4) is 0 Å². The van der Waals surface area contributed by atoms with Crippen molar-refractivity contribution in [3.8, 4) is 22.6 Å². The van der Waals surface area contributed by atoms with Gasteiger partial charge in [-0.1, -0.05) is 23.7 Å². The van der Waals surface area contributed by atoms with Gasteiger partial charge < -0.3 is 19.1 Å². The van der Waals surface area contributed by atoms with Crippen LogP contribution in [0.5, 0.6) is 11.5 Å². The van der Waals surface area contributed by atoms with Crippen molar-refractivity contribution in [3.05, 3.63) is 76.6 Å². The van der Waals surface area contributed by atoms with E-state index in [0.29, 0.717) is 54.0 Å². The van der Waals surface area contributed by atoms with Crippen molar-refractivity contribution >= 4 is 23.3 Å². The molecule has 170 valence electrons. The van der Waals surface area contributed by atoms with E-state index in [9.17, 15) is 9.59 Å². The molecule has 3 aromatic rings. The number of morpholine rings is 1. The van der Waals surface area contributed by atoms with Gasteiger partial charge in [0.05, 0.1) is 33.0 Å². The third kappa shape index (κ3) is 4.84. The molecule has 0 saturated carbocycles. The number of ketones is 1. The maximum absolute atomic E-state index is 13.4. The van der Waals surface area contributed by atoms with Crippen molar-refractivity contribution < 1.29 is 23.8 Å². The SMILES string of the molecule is COc1ccc(C(=O)c2ncc(-c3ccc(Cl)cc3)cc2C(=O)N2CCOCC2)cc1OC. The quantitative estimate of drug-likeness (QED) is 0.508. The van der Waals surface area contributed by atoms with Gasteiger partial charge in [0.15, 0.2) is 11.5 Å². The molecule has 4 rings (SSSR count). The number of aromatic nitrogens is 1. The minimum Gasteiger partial charge on any atom is -0.493 e. The molecule has 1 amide bonds. The molecule has 1 aliphatic rings. The lowest BCUT2D eigenvalue weighted by atomic mass is 9.98. The van der Waals surface area contributed by atoms with E-state index in [1.165, 1.54) is 14.2 Å². The molecule has 1 fully saturated rings. The van der Waals surface area contributed by atoms with Gasteiger partial charge in [0.1, 0.15) is 5.69 Å². The Bertz CT molecular complexity index is 1170. The summed E-state index contributed by atoms with van der Waals surface area (Å²) in [5, 5.41) is 0.608. The molecule has 33 heavy (non-hydrogen) atoms. The van der Waals surface area contributed by atoms with Crippen molar-refractivity contribution in [3.63, 3.8) is 0 Å². The second-order valence-electron chi connectivity index (χ2n) is 7.43. The predicted molar refractivity (Wildman–Crippen MR) is 124 cm³/mol. The molecular formula is C25H23ClN2O5. The van der Waals surface area contributed by atoms with Gasteiger partial charge in [-0.15, -0.1) is 0 Å². The van der Waals surface area contributed by atoms with E-state index in [1.54, 1.807) is 47.5 Å². The molecule has 7 nitrogen and oxygen atoms in total. The summed E-state index contributed by atoms with van der Waals surface area (Å²) in [6.45, 7) is 1.81. The van der Waals surface area contributed by atoms with Crippen molar-refractivity contribution in [2.45, 2.75) is 0 Å². The first kappa shape index (κ1) is 22.8. The van der Waals surface area contributed by atoms with E-state index in [0.717, 1.165) is 5.56 Å². The second-order valence-corrected chi connectivity index (χ2v) is 7.87. The van der Waals surface area contributed by atoms with Gasteiger partial charge in [0.25, 0.3) is 5.91 Å². The van der Waals surface area contributed by atoms with Crippen LogP contribution in [0.15, 0.2) is 54.7 Å². The van der Waals surface area contributed by atoms with Crippen LogP contribution in [0.4, 0.5) is 0 Å². The number of carbonyl (C=O) groups excluding carboxylic acids is 2. The molecule has 1 aromatic heterocycles. The van der Waals surface area contributed by atoms with E-state index in [1.807, 2.05) is 12.1 Å². The summed E-state index contributed by atoms with van der Waals surface area (Å²) >= 11 is 6.01. The summed E-state index contributed by atoms with van der Waals surface area (Å²) in [5.74, 6) is 0.285. The topological polar surface area (TPSA) is 78.0 Å². The number of halogens is 1. The van der Waals surface area contributed by atoms with Crippen LogP contribution >= 0.6 is 11.6 Å². The fourth-order valence-electron chi connectivity index (χ4n) is 3.66. The number of pyridine rings is 1. The van der Waals surface area contributed by atoms with Crippen molar-refractivity contribution in [1.82, 2.24) is 9.88 Å². The zero-order chi connectivity index (χ0) is 23.4. The molecule has 2 heterocycles. The molecule has 8 heteroatoms. The molecule has 0 bridgehead atoms. The number of amides is 1. The van der Waals surface area contributed by atoms with Gasteiger partial charge >= 0.3 is 0 Å². The monoisotopic (exact) mass is 466 g/mol. The first-order chi connectivity index (χ1) is 16.0. The van der Waals surface area contributed by atoms with Crippen LogP contribution in [0, 0.1) is 0 Å². The Labute approximate surface area is 196 Å². The highest BCUT2D eigenvalue weighted by atomic mass is 35.5. The maximum atomic E-state index is 13.4. The van der Waals surface area contributed by atoms with Gasteiger partial charge in [-0.25, -0.2) is 0 Å². The molecular weight excluding hydrogens is 444 g/mol. The van der Waals surface area contributed by atoms with Crippen LogP contribution in [0.25, 0.3) is 11.1 Å². The molecule has 0 atom stereocenters. The van der Waals surface area contributed by atoms with Crippen LogP contribution in [-0.4, -0.2) is 62.1 Å². The average Bonchev–Trinajstić information content (AvgIpc) is 2.88. The Morgan fingerprint density at radius 3 is 2.30 bits per heavy atom. The highest BCUT2D eigenvalue weighted by Crippen LogP contribution is 2.30. The number of benzene rings is 2. The lowest BCUT2D eigenvalue weighted by Crippen LogP contribution is -2.41. The number of methoxy groups -OCH3 is 2. The van der Waals surface area contributed by atoms with E-state index in [2.05, 4.69) is 4.98 Å². The minimum absolute atomic E-state index is 0.0800. The van der Waals surface area contributed by atoms with Crippen LogP contribution in [-0.2, 0) is 4.74 Å².